The van der Waals surface area contributed by atoms with Gasteiger partial charge in [0.1, 0.15) is 12.6 Å². The summed E-state index contributed by atoms with van der Waals surface area (Å²) in [6.45, 7) is -0.843. The van der Waals surface area contributed by atoms with Crippen molar-refractivity contribution in [2.45, 2.75) is 37.7 Å². The molecule has 4 nitrogen and oxygen atoms in total. The van der Waals surface area contributed by atoms with E-state index >= 15 is 0 Å². The number of carbonyl (C=O) groups is 1. The molecule has 0 spiro atoms. The van der Waals surface area contributed by atoms with Crippen LogP contribution in [0.2, 0.25) is 0 Å². The van der Waals surface area contributed by atoms with Crippen molar-refractivity contribution in [3.05, 3.63) is 0 Å². The quantitative estimate of drug-likeness (QED) is 0.573. The summed E-state index contributed by atoms with van der Waals surface area (Å²) in [6.07, 6.45) is -1.62. The number of halogens is 4. The van der Waals surface area contributed by atoms with Crippen molar-refractivity contribution in [2.75, 3.05) is 26.3 Å². The highest BCUT2D eigenvalue weighted by Crippen LogP contribution is 2.23. The lowest BCUT2D eigenvalue weighted by atomic mass is 10.0. The van der Waals surface area contributed by atoms with Gasteiger partial charge in [-0.3, -0.25) is 9.69 Å². The lowest BCUT2D eigenvalue weighted by Gasteiger charge is -2.32. The first-order valence-corrected chi connectivity index (χ1v) is 6.05. The van der Waals surface area contributed by atoms with Gasteiger partial charge in [0.2, 0.25) is 0 Å². The standard InChI is InChI=1S/C11H17F4NO3/c12-10(13)11(14,15)7-19-6-5-16-4-2-1-3-8(16)9(17)18/h8,10H,1-7H2,(H,17,18). The Morgan fingerprint density at radius 2 is 2.11 bits per heavy atom. The average molecular weight is 287 g/mol. The van der Waals surface area contributed by atoms with E-state index in [9.17, 15) is 22.4 Å². The molecule has 1 rings (SSSR count). The maximum Gasteiger partial charge on any atom is 0.330 e. The number of alkyl halides is 4. The summed E-state index contributed by atoms with van der Waals surface area (Å²) >= 11 is 0. The molecule has 0 radical (unpaired) electrons. The third-order valence-electron chi connectivity index (χ3n) is 3.04. The molecular weight excluding hydrogens is 270 g/mol. The molecule has 0 aromatic carbocycles. The van der Waals surface area contributed by atoms with E-state index < -0.39 is 31.0 Å². The fourth-order valence-electron chi connectivity index (χ4n) is 1.99. The Morgan fingerprint density at radius 1 is 1.42 bits per heavy atom. The fraction of sp³-hybridized carbons (Fsp3) is 0.909. The van der Waals surface area contributed by atoms with Gasteiger partial charge in [-0.2, -0.15) is 8.78 Å². The summed E-state index contributed by atoms with van der Waals surface area (Å²) in [7, 11) is 0. The Kier molecular flexibility index (Phi) is 5.99. The molecule has 112 valence electrons. The zero-order chi connectivity index (χ0) is 14.5. The second-order valence-corrected chi connectivity index (χ2v) is 4.50. The SMILES string of the molecule is O=C(O)C1CCCCN1CCOCC(F)(F)C(F)F. The van der Waals surface area contributed by atoms with Gasteiger partial charge in [-0.15, -0.1) is 0 Å². The van der Waals surface area contributed by atoms with E-state index in [1.165, 1.54) is 0 Å². The Balaban J connectivity index is 2.30. The molecule has 8 heteroatoms. The van der Waals surface area contributed by atoms with Gasteiger partial charge in [0.05, 0.1) is 6.61 Å². The van der Waals surface area contributed by atoms with Crippen LogP contribution in [0.4, 0.5) is 17.6 Å². The molecule has 1 atom stereocenters. The fourth-order valence-corrected chi connectivity index (χ4v) is 1.99. The van der Waals surface area contributed by atoms with Gasteiger partial charge < -0.3 is 9.84 Å². The van der Waals surface area contributed by atoms with Crippen molar-refractivity contribution in [2.24, 2.45) is 0 Å². The second-order valence-electron chi connectivity index (χ2n) is 4.50. The van der Waals surface area contributed by atoms with Crippen LogP contribution in [0.15, 0.2) is 0 Å². The van der Waals surface area contributed by atoms with E-state index in [-0.39, 0.29) is 13.2 Å². The molecule has 1 aliphatic heterocycles. The number of nitrogens with zero attached hydrogens (tertiary/aromatic N) is 1. The molecule has 19 heavy (non-hydrogen) atoms. The predicted octanol–water partition coefficient (Wildman–Crippen LogP) is 1.84. The van der Waals surface area contributed by atoms with Crippen LogP contribution in [0, 0.1) is 0 Å². The topological polar surface area (TPSA) is 49.8 Å². The highest BCUT2D eigenvalue weighted by Gasteiger charge is 2.41. The van der Waals surface area contributed by atoms with E-state index in [4.69, 9.17) is 5.11 Å². The smallest absolute Gasteiger partial charge is 0.330 e. The first-order valence-electron chi connectivity index (χ1n) is 6.05. The number of hydrogen-bond donors (Lipinski definition) is 1. The maximum atomic E-state index is 12.5. The molecular formula is C11H17F4NO3. The molecule has 1 heterocycles. The summed E-state index contributed by atoms with van der Waals surface area (Å²) in [5.41, 5.74) is 0. The Bertz CT molecular complexity index is 302. The largest absolute Gasteiger partial charge is 0.480 e. The van der Waals surface area contributed by atoms with E-state index in [2.05, 4.69) is 4.74 Å². The molecule has 0 aromatic rings. The van der Waals surface area contributed by atoms with Crippen LogP contribution in [0.5, 0.6) is 0 Å². The minimum atomic E-state index is -4.16. The summed E-state index contributed by atoms with van der Waals surface area (Å²) in [5.74, 6) is -5.12. The van der Waals surface area contributed by atoms with Crippen molar-refractivity contribution in [3.63, 3.8) is 0 Å². The summed E-state index contributed by atoms with van der Waals surface area (Å²) in [5, 5.41) is 8.97. The highest BCUT2D eigenvalue weighted by atomic mass is 19.3. The van der Waals surface area contributed by atoms with Gasteiger partial charge in [0.25, 0.3) is 0 Å². The van der Waals surface area contributed by atoms with Gasteiger partial charge in [0, 0.05) is 6.54 Å². The van der Waals surface area contributed by atoms with Crippen molar-refractivity contribution in [3.8, 4) is 0 Å². The molecule has 0 aliphatic carbocycles. The van der Waals surface area contributed by atoms with Crippen LogP contribution >= 0.6 is 0 Å². The Hall–Kier alpha value is -0.890. The van der Waals surface area contributed by atoms with E-state index in [0.717, 1.165) is 12.8 Å². The number of rotatable bonds is 7. The monoisotopic (exact) mass is 287 g/mol. The van der Waals surface area contributed by atoms with Gasteiger partial charge in [-0.25, -0.2) is 8.78 Å². The third-order valence-corrected chi connectivity index (χ3v) is 3.04. The zero-order valence-corrected chi connectivity index (χ0v) is 10.3. The first kappa shape index (κ1) is 16.2. The van der Waals surface area contributed by atoms with Crippen LogP contribution in [0.25, 0.3) is 0 Å². The second kappa shape index (κ2) is 7.04. The normalized spacial score (nSPS) is 21.8. The van der Waals surface area contributed by atoms with E-state index in [0.29, 0.717) is 13.0 Å². The maximum absolute atomic E-state index is 12.5. The molecule has 0 bridgehead atoms. The number of likely N-dealkylation sites (tertiary alicyclic amines) is 1. The Morgan fingerprint density at radius 3 is 2.68 bits per heavy atom. The minimum absolute atomic E-state index is 0.149. The van der Waals surface area contributed by atoms with Crippen molar-refractivity contribution < 1.29 is 32.2 Å². The first-order chi connectivity index (χ1) is 8.84. The van der Waals surface area contributed by atoms with Crippen molar-refractivity contribution in [1.82, 2.24) is 4.90 Å². The molecule has 1 fully saturated rings. The van der Waals surface area contributed by atoms with E-state index in [1.54, 1.807) is 4.90 Å². The highest BCUT2D eigenvalue weighted by molar-refractivity contribution is 5.73. The summed E-state index contributed by atoms with van der Waals surface area (Å²) in [4.78, 5) is 12.6. The minimum Gasteiger partial charge on any atom is -0.480 e. The van der Waals surface area contributed by atoms with Crippen molar-refractivity contribution in [1.29, 1.82) is 0 Å². The number of piperidine rings is 1. The van der Waals surface area contributed by atoms with Gasteiger partial charge >= 0.3 is 18.3 Å². The van der Waals surface area contributed by atoms with Gasteiger partial charge in [0.15, 0.2) is 0 Å². The molecule has 0 saturated carbocycles. The summed E-state index contributed by atoms with van der Waals surface area (Å²) in [6, 6.07) is -0.645. The lowest BCUT2D eigenvalue weighted by Crippen LogP contribution is -2.46. The molecule has 1 N–H and O–H groups in total. The van der Waals surface area contributed by atoms with Gasteiger partial charge in [-0.1, -0.05) is 6.42 Å². The van der Waals surface area contributed by atoms with Crippen molar-refractivity contribution >= 4 is 5.97 Å². The van der Waals surface area contributed by atoms with Crippen LogP contribution in [-0.2, 0) is 9.53 Å². The average Bonchev–Trinajstić information content (AvgIpc) is 2.34. The van der Waals surface area contributed by atoms with Crippen LogP contribution in [-0.4, -0.2) is 60.7 Å². The molecule has 0 amide bonds. The zero-order valence-electron chi connectivity index (χ0n) is 10.3. The Labute approximate surface area is 108 Å². The predicted molar refractivity (Wildman–Crippen MR) is 58.6 cm³/mol. The molecule has 1 unspecified atom stereocenters. The van der Waals surface area contributed by atoms with E-state index in [1.807, 2.05) is 0 Å². The summed E-state index contributed by atoms with van der Waals surface area (Å²) < 4.78 is 53.3. The lowest BCUT2D eigenvalue weighted by molar-refractivity contribution is -0.167. The van der Waals surface area contributed by atoms with Crippen LogP contribution < -0.4 is 0 Å². The number of hydrogen-bond acceptors (Lipinski definition) is 3. The third kappa shape index (κ3) is 4.94. The van der Waals surface area contributed by atoms with Gasteiger partial charge in [-0.05, 0) is 19.4 Å². The molecule has 1 aliphatic rings. The molecule has 0 aromatic heterocycles. The van der Waals surface area contributed by atoms with Crippen LogP contribution in [0.1, 0.15) is 19.3 Å². The number of carboxylic acid groups (broad SMARTS) is 1. The number of aliphatic carboxylic acids is 1. The number of carboxylic acids is 1. The molecule has 1 saturated heterocycles. The van der Waals surface area contributed by atoms with Crippen LogP contribution in [0.3, 0.4) is 0 Å². The number of ether oxygens (including phenoxy) is 1.